The average molecular weight is 697 g/mol. The first kappa shape index (κ1) is 30.8. The van der Waals surface area contributed by atoms with E-state index in [0.29, 0.717) is 0 Å². The molecule has 0 saturated heterocycles. The molecule has 0 spiro atoms. The molecule has 4 nitrogen and oxygen atoms in total. The largest absolute Gasteiger partial charge is 0.456 e. The van der Waals surface area contributed by atoms with Gasteiger partial charge in [0.1, 0.15) is 22.3 Å². The lowest BCUT2D eigenvalue weighted by Crippen LogP contribution is -2.13. The summed E-state index contributed by atoms with van der Waals surface area (Å²) in [5.74, 6) is 0. The lowest BCUT2D eigenvalue weighted by Gasteiger charge is -2.27. The molecule has 0 saturated carbocycles. The van der Waals surface area contributed by atoms with Gasteiger partial charge in [0, 0.05) is 61.1 Å². The van der Waals surface area contributed by atoms with Crippen molar-refractivity contribution in [2.45, 2.75) is 26.2 Å². The molecule has 0 aliphatic rings. The second kappa shape index (κ2) is 11.4. The van der Waals surface area contributed by atoms with Crippen molar-refractivity contribution in [1.82, 2.24) is 4.57 Å². The Labute approximate surface area is 312 Å². The molecule has 0 aliphatic heterocycles. The van der Waals surface area contributed by atoms with Crippen LogP contribution in [-0.2, 0) is 5.41 Å². The smallest absolute Gasteiger partial charge is 0.137 e. The summed E-state index contributed by atoms with van der Waals surface area (Å²) >= 11 is 0. The SMILES string of the molecule is CC(C)(C)c1ccc(N(c2ccc3c(c2)oc2ccccc23)c2ccc3oc4ccc5cc6c7ccccc7n(-c7ccccc7)c6cc5c4c3c2)cc1. The number of benzene rings is 8. The fraction of sp³-hybridized carbons (Fsp3) is 0.0800. The molecule has 8 aromatic carbocycles. The van der Waals surface area contributed by atoms with E-state index in [1.165, 1.54) is 38.1 Å². The summed E-state index contributed by atoms with van der Waals surface area (Å²) in [7, 11) is 0. The predicted molar refractivity (Wildman–Crippen MR) is 226 cm³/mol. The molecule has 0 fully saturated rings. The Kier molecular flexibility index (Phi) is 6.48. The van der Waals surface area contributed by atoms with Crippen molar-refractivity contribution in [2.75, 3.05) is 4.90 Å². The maximum atomic E-state index is 6.60. The number of nitrogens with zero attached hydrogens (tertiary/aromatic N) is 2. The standard InChI is InChI=1S/C50H36N2O2/c1-50(2,3)32-18-20-34(21-19-32)51(36-22-24-39-38-14-8-10-16-45(38)54-48(39)29-36)35-23-26-46-42(28-35)49-40-30-44-41(27-31(40)17-25-47(49)53-46)37-13-7-9-15-43(37)52(44)33-11-5-4-6-12-33/h4-30H,1-3H3. The van der Waals surface area contributed by atoms with E-state index in [4.69, 9.17) is 8.83 Å². The molecule has 11 aromatic rings. The van der Waals surface area contributed by atoms with Crippen LogP contribution in [0.25, 0.3) is 82.1 Å². The normalized spacial score (nSPS) is 12.4. The van der Waals surface area contributed by atoms with Gasteiger partial charge >= 0.3 is 0 Å². The Morgan fingerprint density at radius 3 is 1.91 bits per heavy atom. The van der Waals surface area contributed by atoms with Crippen molar-refractivity contribution in [3.05, 3.63) is 169 Å². The van der Waals surface area contributed by atoms with Gasteiger partial charge in [-0.1, -0.05) is 93.6 Å². The van der Waals surface area contributed by atoms with Crippen LogP contribution in [0.15, 0.2) is 173 Å². The molecule has 0 atom stereocenters. The van der Waals surface area contributed by atoms with Gasteiger partial charge in [-0.3, -0.25) is 0 Å². The van der Waals surface area contributed by atoms with Crippen LogP contribution in [-0.4, -0.2) is 4.57 Å². The lowest BCUT2D eigenvalue weighted by atomic mass is 9.87. The number of hydrogen-bond donors (Lipinski definition) is 0. The van der Waals surface area contributed by atoms with Crippen molar-refractivity contribution >= 4 is 93.5 Å². The number of para-hydroxylation sites is 3. The number of anilines is 3. The minimum Gasteiger partial charge on any atom is -0.456 e. The Morgan fingerprint density at radius 2 is 1.07 bits per heavy atom. The molecule has 4 heteroatoms. The molecular weight excluding hydrogens is 661 g/mol. The number of aromatic nitrogens is 1. The van der Waals surface area contributed by atoms with Crippen LogP contribution in [0.4, 0.5) is 17.1 Å². The summed E-state index contributed by atoms with van der Waals surface area (Å²) in [6.45, 7) is 6.76. The van der Waals surface area contributed by atoms with Gasteiger partial charge in [-0.05, 0) is 107 Å². The molecule has 0 amide bonds. The number of fused-ring (bicyclic) bond motifs is 11. The summed E-state index contributed by atoms with van der Waals surface area (Å²) in [5.41, 5.74) is 11.5. The second-order valence-corrected chi connectivity index (χ2v) is 15.4. The van der Waals surface area contributed by atoms with Crippen LogP contribution in [0.3, 0.4) is 0 Å². The zero-order chi connectivity index (χ0) is 36.1. The predicted octanol–water partition coefficient (Wildman–Crippen LogP) is 14.5. The third-order valence-electron chi connectivity index (χ3n) is 11.1. The Hall–Kier alpha value is -6.78. The lowest BCUT2D eigenvalue weighted by molar-refractivity contribution is 0.590. The van der Waals surface area contributed by atoms with E-state index >= 15 is 0 Å². The van der Waals surface area contributed by atoms with Crippen LogP contribution in [0.5, 0.6) is 0 Å². The minimum atomic E-state index is 0.0455. The molecule has 0 aliphatic carbocycles. The highest BCUT2D eigenvalue weighted by molar-refractivity contribution is 6.23. The van der Waals surface area contributed by atoms with Gasteiger partial charge in [-0.2, -0.15) is 0 Å². The van der Waals surface area contributed by atoms with Crippen LogP contribution in [0.1, 0.15) is 26.3 Å². The van der Waals surface area contributed by atoms with Crippen LogP contribution >= 0.6 is 0 Å². The molecule has 0 bridgehead atoms. The first-order chi connectivity index (χ1) is 26.4. The van der Waals surface area contributed by atoms with Crippen molar-refractivity contribution in [2.24, 2.45) is 0 Å². The van der Waals surface area contributed by atoms with Gasteiger partial charge in [0.25, 0.3) is 0 Å². The van der Waals surface area contributed by atoms with Crippen molar-refractivity contribution in [1.29, 1.82) is 0 Å². The molecule has 3 heterocycles. The van der Waals surface area contributed by atoms with Crippen LogP contribution in [0.2, 0.25) is 0 Å². The third kappa shape index (κ3) is 4.63. The van der Waals surface area contributed by atoms with E-state index < -0.39 is 0 Å². The van der Waals surface area contributed by atoms with E-state index in [1.807, 2.05) is 12.1 Å². The summed E-state index contributed by atoms with van der Waals surface area (Å²) in [5, 5.41) is 9.26. The summed E-state index contributed by atoms with van der Waals surface area (Å²) < 4.78 is 15.4. The Morgan fingerprint density at radius 1 is 0.426 bits per heavy atom. The van der Waals surface area contributed by atoms with Crippen LogP contribution in [0, 0.1) is 0 Å². The summed E-state index contributed by atoms with van der Waals surface area (Å²) in [4.78, 5) is 2.33. The molecule has 11 rings (SSSR count). The summed E-state index contributed by atoms with van der Waals surface area (Å²) in [6.07, 6.45) is 0. The summed E-state index contributed by atoms with van der Waals surface area (Å²) in [6, 6.07) is 58.7. The molecule has 54 heavy (non-hydrogen) atoms. The maximum Gasteiger partial charge on any atom is 0.137 e. The van der Waals surface area contributed by atoms with Crippen molar-refractivity contribution in [3.63, 3.8) is 0 Å². The first-order valence-corrected chi connectivity index (χ1v) is 18.6. The highest BCUT2D eigenvalue weighted by atomic mass is 16.3. The molecule has 0 N–H and O–H groups in total. The van der Waals surface area contributed by atoms with Gasteiger partial charge in [0.2, 0.25) is 0 Å². The van der Waals surface area contributed by atoms with E-state index in [0.717, 1.165) is 66.6 Å². The first-order valence-electron chi connectivity index (χ1n) is 18.6. The monoisotopic (exact) mass is 696 g/mol. The van der Waals surface area contributed by atoms with Gasteiger partial charge in [0.05, 0.1) is 11.0 Å². The zero-order valence-corrected chi connectivity index (χ0v) is 30.3. The van der Waals surface area contributed by atoms with Crippen LogP contribution < -0.4 is 4.90 Å². The fourth-order valence-electron chi connectivity index (χ4n) is 8.46. The highest BCUT2D eigenvalue weighted by Crippen LogP contribution is 2.44. The van der Waals surface area contributed by atoms with Gasteiger partial charge in [-0.15, -0.1) is 0 Å². The zero-order valence-electron chi connectivity index (χ0n) is 30.3. The minimum absolute atomic E-state index is 0.0455. The molecule has 0 unspecified atom stereocenters. The number of furan rings is 2. The van der Waals surface area contributed by atoms with Crippen molar-refractivity contribution in [3.8, 4) is 5.69 Å². The van der Waals surface area contributed by atoms with E-state index in [9.17, 15) is 0 Å². The topological polar surface area (TPSA) is 34.5 Å². The van der Waals surface area contributed by atoms with Gasteiger partial charge in [-0.25, -0.2) is 0 Å². The molecule has 0 radical (unpaired) electrons. The Balaban J connectivity index is 1.16. The van der Waals surface area contributed by atoms with E-state index in [1.54, 1.807) is 0 Å². The van der Waals surface area contributed by atoms with Crippen molar-refractivity contribution < 1.29 is 8.83 Å². The fourth-order valence-corrected chi connectivity index (χ4v) is 8.46. The number of rotatable bonds is 4. The van der Waals surface area contributed by atoms with Gasteiger partial charge in [0.15, 0.2) is 0 Å². The molecular formula is C50H36N2O2. The molecule has 258 valence electrons. The Bertz CT molecular complexity index is 3250. The second-order valence-electron chi connectivity index (χ2n) is 15.4. The average Bonchev–Trinajstić information content (AvgIpc) is 3.86. The quantitative estimate of drug-likeness (QED) is 0.184. The van der Waals surface area contributed by atoms with E-state index in [2.05, 4.69) is 182 Å². The molecule has 3 aromatic heterocycles. The van der Waals surface area contributed by atoms with Gasteiger partial charge < -0.3 is 18.3 Å². The maximum absolute atomic E-state index is 6.60. The highest BCUT2D eigenvalue weighted by Gasteiger charge is 2.21. The van der Waals surface area contributed by atoms with E-state index in [-0.39, 0.29) is 5.41 Å². The number of hydrogen-bond acceptors (Lipinski definition) is 3. The third-order valence-corrected chi connectivity index (χ3v) is 11.1.